The van der Waals surface area contributed by atoms with Crippen LogP contribution in [0.1, 0.15) is 12.0 Å². The van der Waals surface area contributed by atoms with Gasteiger partial charge in [-0.15, -0.1) is 0 Å². The van der Waals surface area contributed by atoms with E-state index in [2.05, 4.69) is 5.32 Å². The lowest BCUT2D eigenvalue weighted by Crippen LogP contribution is -2.36. The Kier molecular flexibility index (Phi) is 5.44. The third kappa shape index (κ3) is 4.36. The number of rotatable bonds is 5. The van der Waals surface area contributed by atoms with Crippen LogP contribution in [0.5, 0.6) is 0 Å². The molecule has 0 aliphatic rings. The first-order valence-corrected chi connectivity index (χ1v) is 6.75. The van der Waals surface area contributed by atoms with Crippen LogP contribution in [0.2, 0.25) is 0 Å². The van der Waals surface area contributed by atoms with E-state index in [0.29, 0.717) is 17.7 Å². The number of anilines is 1. The number of halogens is 1. The van der Waals surface area contributed by atoms with Crippen molar-refractivity contribution in [1.82, 2.24) is 0 Å². The SMILES string of the molecule is CSCC[C@H](N)C(=O)Nc1ccc(F)c(C)c1. The molecule has 1 atom stereocenters. The fourth-order valence-corrected chi connectivity index (χ4v) is 1.82. The van der Waals surface area contributed by atoms with Crippen LogP contribution in [0.3, 0.4) is 0 Å². The fourth-order valence-electron chi connectivity index (χ4n) is 1.33. The number of carbonyl (C=O) groups excluding carboxylic acids is 1. The first-order chi connectivity index (χ1) is 8.04. The van der Waals surface area contributed by atoms with Crippen molar-refractivity contribution < 1.29 is 9.18 Å². The lowest BCUT2D eigenvalue weighted by Gasteiger charge is -2.12. The first-order valence-electron chi connectivity index (χ1n) is 5.36. The molecule has 0 heterocycles. The summed E-state index contributed by atoms with van der Waals surface area (Å²) in [4.78, 5) is 11.7. The third-order valence-corrected chi connectivity index (χ3v) is 3.04. The third-order valence-electron chi connectivity index (χ3n) is 2.40. The number of amides is 1. The van der Waals surface area contributed by atoms with Crippen LogP contribution in [0.4, 0.5) is 10.1 Å². The van der Waals surface area contributed by atoms with Gasteiger partial charge in [0.25, 0.3) is 0 Å². The molecule has 3 N–H and O–H groups in total. The van der Waals surface area contributed by atoms with Crippen molar-refractivity contribution in [2.75, 3.05) is 17.3 Å². The predicted molar refractivity (Wildman–Crippen MR) is 70.7 cm³/mol. The molecule has 0 unspecified atom stereocenters. The molecular formula is C12H17FN2OS. The van der Waals surface area contributed by atoms with Gasteiger partial charge in [0.1, 0.15) is 5.82 Å². The molecule has 0 aliphatic heterocycles. The molecule has 0 bridgehead atoms. The summed E-state index contributed by atoms with van der Waals surface area (Å²) < 4.78 is 13.0. The minimum Gasteiger partial charge on any atom is -0.325 e. The van der Waals surface area contributed by atoms with E-state index in [-0.39, 0.29) is 11.7 Å². The van der Waals surface area contributed by atoms with Crippen LogP contribution in [0.15, 0.2) is 18.2 Å². The maximum absolute atomic E-state index is 13.0. The smallest absolute Gasteiger partial charge is 0.241 e. The van der Waals surface area contributed by atoms with Crippen LogP contribution in [-0.2, 0) is 4.79 Å². The van der Waals surface area contributed by atoms with Crippen molar-refractivity contribution >= 4 is 23.4 Å². The van der Waals surface area contributed by atoms with Crippen LogP contribution in [0.25, 0.3) is 0 Å². The minimum absolute atomic E-state index is 0.231. The molecule has 1 amide bonds. The highest BCUT2D eigenvalue weighted by atomic mass is 32.2. The Labute approximate surface area is 105 Å². The monoisotopic (exact) mass is 256 g/mol. The molecule has 17 heavy (non-hydrogen) atoms. The summed E-state index contributed by atoms with van der Waals surface area (Å²) in [6, 6.07) is 3.93. The lowest BCUT2D eigenvalue weighted by atomic mass is 10.2. The van der Waals surface area contributed by atoms with Crippen molar-refractivity contribution in [2.45, 2.75) is 19.4 Å². The number of aryl methyl sites for hydroxylation is 1. The number of nitrogens with two attached hydrogens (primary N) is 1. The van der Waals surface area contributed by atoms with Crippen LogP contribution in [-0.4, -0.2) is 24.0 Å². The van der Waals surface area contributed by atoms with E-state index in [0.717, 1.165) is 5.75 Å². The molecule has 1 aromatic rings. The number of thioether (sulfide) groups is 1. The topological polar surface area (TPSA) is 55.1 Å². The van der Waals surface area contributed by atoms with Gasteiger partial charge in [-0.25, -0.2) is 4.39 Å². The summed E-state index contributed by atoms with van der Waals surface area (Å²) in [5, 5.41) is 2.68. The summed E-state index contributed by atoms with van der Waals surface area (Å²) in [7, 11) is 0. The second-order valence-corrected chi connectivity index (χ2v) is 4.83. The van der Waals surface area contributed by atoms with Crippen molar-refractivity contribution in [1.29, 1.82) is 0 Å². The van der Waals surface area contributed by atoms with Gasteiger partial charge in [-0.3, -0.25) is 4.79 Å². The standard InChI is InChI=1S/C12H17FN2OS/c1-8-7-9(3-4-10(8)13)15-12(16)11(14)5-6-17-2/h3-4,7,11H,5-6,14H2,1-2H3,(H,15,16)/t11-/m0/s1. The Morgan fingerprint density at radius 1 is 1.59 bits per heavy atom. The predicted octanol–water partition coefficient (Wildman–Crippen LogP) is 2.15. The molecule has 0 radical (unpaired) electrons. The van der Waals surface area contributed by atoms with Gasteiger partial charge >= 0.3 is 0 Å². The van der Waals surface area contributed by atoms with E-state index in [1.807, 2.05) is 6.26 Å². The molecule has 0 aliphatic carbocycles. The van der Waals surface area contributed by atoms with E-state index >= 15 is 0 Å². The van der Waals surface area contributed by atoms with Crippen molar-refractivity contribution in [3.63, 3.8) is 0 Å². The molecule has 94 valence electrons. The summed E-state index contributed by atoms with van der Waals surface area (Å²) in [5.41, 5.74) is 6.80. The maximum Gasteiger partial charge on any atom is 0.241 e. The Morgan fingerprint density at radius 2 is 2.29 bits per heavy atom. The molecule has 3 nitrogen and oxygen atoms in total. The fraction of sp³-hybridized carbons (Fsp3) is 0.417. The molecule has 1 rings (SSSR count). The number of nitrogens with one attached hydrogen (secondary N) is 1. The van der Waals surface area contributed by atoms with Gasteiger partial charge in [0.2, 0.25) is 5.91 Å². The van der Waals surface area contributed by atoms with Crippen LogP contribution in [0, 0.1) is 12.7 Å². The second-order valence-electron chi connectivity index (χ2n) is 3.84. The van der Waals surface area contributed by atoms with Gasteiger partial charge in [0.05, 0.1) is 6.04 Å². The zero-order valence-corrected chi connectivity index (χ0v) is 10.8. The van der Waals surface area contributed by atoms with Gasteiger partial charge in [-0.1, -0.05) is 0 Å². The normalized spacial score (nSPS) is 12.2. The zero-order valence-electron chi connectivity index (χ0n) is 10.00. The summed E-state index contributed by atoms with van der Waals surface area (Å²) in [5.74, 6) is 0.330. The molecule has 5 heteroatoms. The van der Waals surface area contributed by atoms with Crippen molar-refractivity contribution in [3.05, 3.63) is 29.6 Å². The Bertz CT molecular complexity index is 398. The van der Waals surface area contributed by atoms with Crippen LogP contribution < -0.4 is 11.1 Å². The zero-order chi connectivity index (χ0) is 12.8. The number of hydrogen-bond donors (Lipinski definition) is 2. The maximum atomic E-state index is 13.0. The molecule has 0 aromatic heterocycles. The summed E-state index contributed by atoms with van der Waals surface area (Å²) >= 11 is 1.65. The molecule has 0 saturated carbocycles. The molecule has 1 aromatic carbocycles. The van der Waals surface area contributed by atoms with Crippen LogP contribution >= 0.6 is 11.8 Å². The summed E-state index contributed by atoms with van der Waals surface area (Å²) in [6.45, 7) is 1.65. The van der Waals surface area contributed by atoms with Gasteiger partial charge < -0.3 is 11.1 Å². The molecular weight excluding hydrogens is 239 g/mol. The first kappa shape index (κ1) is 14.0. The van der Waals surface area contributed by atoms with E-state index in [1.165, 1.54) is 12.1 Å². The highest BCUT2D eigenvalue weighted by Gasteiger charge is 2.13. The Balaban J connectivity index is 2.58. The number of hydrogen-bond acceptors (Lipinski definition) is 3. The Morgan fingerprint density at radius 3 is 2.88 bits per heavy atom. The van der Waals surface area contributed by atoms with Gasteiger partial charge in [0.15, 0.2) is 0 Å². The number of carbonyl (C=O) groups is 1. The minimum atomic E-state index is -0.521. The van der Waals surface area contributed by atoms with Gasteiger partial charge in [-0.2, -0.15) is 11.8 Å². The number of benzene rings is 1. The highest BCUT2D eigenvalue weighted by molar-refractivity contribution is 7.98. The molecule has 0 saturated heterocycles. The quantitative estimate of drug-likeness (QED) is 0.848. The van der Waals surface area contributed by atoms with E-state index in [1.54, 1.807) is 24.8 Å². The van der Waals surface area contributed by atoms with E-state index in [9.17, 15) is 9.18 Å². The average Bonchev–Trinajstić information content (AvgIpc) is 2.30. The molecule has 0 fully saturated rings. The Hall–Kier alpha value is -1.07. The second kappa shape index (κ2) is 6.61. The molecule has 0 spiro atoms. The van der Waals surface area contributed by atoms with Crippen molar-refractivity contribution in [2.24, 2.45) is 5.73 Å². The highest BCUT2D eigenvalue weighted by Crippen LogP contribution is 2.14. The van der Waals surface area contributed by atoms with E-state index in [4.69, 9.17) is 5.73 Å². The largest absolute Gasteiger partial charge is 0.325 e. The van der Waals surface area contributed by atoms with Gasteiger partial charge in [0, 0.05) is 5.69 Å². The van der Waals surface area contributed by atoms with Gasteiger partial charge in [-0.05, 0) is 49.1 Å². The average molecular weight is 256 g/mol. The van der Waals surface area contributed by atoms with Crippen molar-refractivity contribution in [3.8, 4) is 0 Å². The lowest BCUT2D eigenvalue weighted by molar-refractivity contribution is -0.117. The van der Waals surface area contributed by atoms with E-state index < -0.39 is 6.04 Å². The summed E-state index contributed by atoms with van der Waals surface area (Å²) in [6.07, 6.45) is 2.60.